The molecule has 0 aromatic carbocycles. The molecule has 1 saturated carbocycles. The van der Waals surface area contributed by atoms with Crippen molar-refractivity contribution in [3.63, 3.8) is 0 Å². The Kier molecular flexibility index (Phi) is 3.70. The Balaban J connectivity index is 1.53. The fourth-order valence-electron chi connectivity index (χ4n) is 1.69. The largest absolute Gasteiger partial charge is 0.464 e. The summed E-state index contributed by atoms with van der Waals surface area (Å²) in [5.74, 6) is 2.51. The van der Waals surface area contributed by atoms with Crippen LogP contribution in [0.5, 0.6) is 0 Å². The number of H-pyrrole nitrogens is 1. The summed E-state index contributed by atoms with van der Waals surface area (Å²) in [6, 6.07) is 6.05. The van der Waals surface area contributed by atoms with E-state index < -0.39 is 0 Å². The second kappa shape index (κ2) is 5.63. The van der Waals surface area contributed by atoms with Crippen LogP contribution in [0.4, 0.5) is 0 Å². The number of hydrogen-bond donors (Lipinski definition) is 2. The maximum Gasteiger partial charge on any atom is 0.251 e. The highest BCUT2D eigenvalue weighted by atomic mass is 32.2. The summed E-state index contributed by atoms with van der Waals surface area (Å²) < 4.78 is 5.71. The quantitative estimate of drug-likeness (QED) is 0.623. The third-order valence-electron chi connectivity index (χ3n) is 2.86. The fourth-order valence-corrected chi connectivity index (χ4v) is 2.43. The Morgan fingerprint density at radius 2 is 2.21 bits per heavy atom. The molecule has 0 saturated heterocycles. The van der Waals surface area contributed by atoms with Gasteiger partial charge in [0.2, 0.25) is 0 Å². The zero-order chi connectivity index (χ0) is 13.1. The zero-order valence-electron chi connectivity index (χ0n) is 10.4. The SMILES string of the molecule is O=c1ccnc(SCc2ccc(CNC3CC3)o2)[nH]1. The van der Waals surface area contributed by atoms with Crippen LogP contribution in [0.1, 0.15) is 24.4 Å². The molecule has 1 aliphatic rings. The summed E-state index contributed by atoms with van der Waals surface area (Å²) in [5, 5.41) is 4.02. The number of aromatic nitrogens is 2. The first-order valence-corrected chi connectivity index (χ1v) is 7.27. The van der Waals surface area contributed by atoms with E-state index in [0.29, 0.717) is 17.0 Å². The molecule has 0 bridgehead atoms. The first-order valence-electron chi connectivity index (χ1n) is 6.29. The predicted molar refractivity (Wildman–Crippen MR) is 73.0 cm³/mol. The fraction of sp³-hybridized carbons (Fsp3) is 0.385. The van der Waals surface area contributed by atoms with E-state index in [1.54, 1.807) is 0 Å². The first-order chi connectivity index (χ1) is 9.29. The van der Waals surface area contributed by atoms with Gasteiger partial charge in [0.05, 0.1) is 12.3 Å². The molecule has 0 radical (unpaired) electrons. The average molecular weight is 277 g/mol. The normalized spacial score (nSPS) is 14.7. The molecule has 3 rings (SSSR count). The summed E-state index contributed by atoms with van der Waals surface area (Å²) in [6.07, 6.45) is 4.06. The number of rotatable bonds is 6. The lowest BCUT2D eigenvalue weighted by Crippen LogP contribution is -2.14. The second-order valence-electron chi connectivity index (χ2n) is 4.55. The van der Waals surface area contributed by atoms with E-state index in [2.05, 4.69) is 15.3 Å². The molecular weight excluding hydrogens is 262 g/mol. The van der Waals surface area contributed by atoms with Gasteiger partial charge in [-0.15, -0.1) is 0 Å². The Morgan fingerprint density at radius 1 is 1.37 bits per heavy atom. The van der Waals surface area contributed by atoms with Crippen LogP contribution >= 0.6 is 11.8 Å². The van der Waals surface area contributed by atoms with Crippen LogP contribution in [-0.2, 0) is 12.3 Å². The maximum atomic E-state index is 11.1. The number of thioether (sulfide) groups is 1. The van der Waals surface area contributed by atoms with Gasteiger partial charge in [0, 0.05) is 18.3 Å². The van der Waals surface area contributed by atoms with Gasteiger partial charge in [0.1, 0.15) is 11.5 Å². The third kappa shape index (κ3) is 3.71. The van der Waals surface area contributed by atoms with E-state index in [-0.39, 0.29) is 5.56 Å². The molecule has 2 aromatic heterocycles. The molecule has 2 aromatic rings. The predicted octanol–water partition coefficient (Wildman–Crippen LogP) is 1.91. The molecule has 5 nitrogen and oxygen atoms in total. The lowest BCUT2D eigenvalue weighted by molar-refractivity contribution is 0.458. The van der Waals surface area contributed by atoms with Crippen molar-refractivity contribution >= 4 is 11.8 Å². The van der Waals surface area contributed by atoms with Gasteiger partial charge in [-0.1, -0.05) is 11.8 Å². The van der Waals surface area contributed by atoms with Crippen molar-refractivity contribution in [2.45, 2.75) is 36.3 Å². The van der Waals surface area contributed by atoms with Crippen LogP contribution in [-0.4, -0.2) is 16.0 Å². The van der Waals surface area contributed by atoms with Gasteiger partial charge in [0.15, 0.2) is 5.16 Å². The number of hydrogen-bond acceptors (Lipinski definition) is 5. The molecule has 100 valence electrons. The highest BCUT2D eigenvalue weighted by molar-refractivity contribution is 7.98. The summed E-state index contributed by atoms with van der Waals surface area (Å²) >= 11 is 1.46. The lowest BCUT2D eigenvalue weighted by Gasteiger charge is -1.99. The number of furan rings is 1. The maximum absolute atomic E-state index is 11.1. The van der Waals surface area contributed by atoms with Gasteiger partial charge < -0.3 is 14.7 Å². The van der Waals surface area contributed by atoms with Crippen molar-refractivity contribution in [1.82, 2.24) is 15.3 Å². The molecule has 0 unspecified atom stereocenters. The molecule has 6 heteroatoms. The highest BCUT2D eigenvalue weighted by Gasteiger charge is 2.20. The van der Waals surface area contributed by atoms with Crippen molar-refractivity contribution in [2.75, 3.05) is 0 Å². The van der Waals surface area contributed by atoms with Gasteiger partial charge in [-0.3, -0.25) is 4.79 Å². The minimum Gasteiger partial charge on any atom is -0.464 e. The van der Waals surface area contributed by atoms with Crippen molar-refractivity contribution in [3.8, 4) is 0 Å². The van der Waals surface area contributed by atoms with Crippen LogP contribution < -0.4 is 10.9 Å². The van der Waals surface area contributed by atoms with Crippen molar-refractivity contribution in [2.24, 2.45) is 0 Å². The number of nitrogens with one attached hydrogen (secondary N) is 2. The van der Waals surface area contributed by atoms with Gasteiger partial charge in [-0.05, 0) is 25.0 Å². The van der Waals surface area contributed by atoms with Crippen molar-refractivity contribution in [3.05, 3.63) is 46.3 Å². The topological polar surface area (TPSA) is 70.9 Å². The highest BCUT2D eigenvalue weighted by Crippen LogP contribution is 2.22. The van der Waals surface area contributed by atoms with Crippen LogP contribution in [0.25, 0.3) is 0 Å². The standard InChI is InChI=1S/C13H15N3O2S/c17-12-5-6-14-13(16-12)19-8-11-4-3-10(18-11)7-15-9-1-2-9/h3-6,9,15H,1-2,7-8H2,(H,14,16,17). The van der Waals surface area contributed by atoms with E-state index >= 15 is 0 Å². The smallest absolute Gasteiger partial charge is 0.251 e. The monoisotopic (exact) mass is 277 g/mol. The molecule has 0 spiro atoms. The van der Waals surface area contributed by atoms with E-state index in [4.69, 9.17) is 4.42 Å². The molecular formula is C13H15N3O2S. The van der Waals surface area contributed by atoms with Crippen LogP contribution in [0.3, 0.4) is 0 Å². The Bertz CT molecular complexity index is 604. The molecule has 1 aliphatic carbocycles. The Morgan fingerprint density at radius 3 is 3.00 bits per heavy atom. The second-order valence-corrected chi connectivity index (χ2v) is 5.52. The molecule has 0 aliphatic heterocycles. The van der Waals surface area contributed by atoms with Gasteiger partial charge in [0.25, 0.3) is 5.56 Å². The summed E-state index contributed by atoms with van der Waals surface area (Å²) in [4.78, 5) is 17.9. The minimum atomic E-state index is -0.133. The van der Waals surface area contributed by atoms with Gasteiger partial charge in [-0.25, -0.2) is 4.98 Å². The minimum absolute atomic E-state index is 0.133. The van der Waals surface area contributed by atoms with E-state index in [1.165, 1.54) is 36.9 Å². The van der Waals surface area contributed by atoms with E-state index in [1.807, 2.05) is 12.1 Å². The Labute approximate surface area is 114 Å². The van der Waals surface area contributed by atoms with Crippen molar-refractivity contribution in [1.29, 1.82) is 0 Å². The van der Waals surface area contributed by atoms with E-state index in [0.717, 1.165) is 18.1 Å². The molecule has 2 N–H and O–H groups in total. The average Bonchev–Trinajstić information content (AvgIpc) is 3.13. The van der Waals surface area contributed by atoms with Gasteiger partial charge in [-0.2, -0.15) is 0 Å². The number of aromatic amines is 1. The van der Waals surface area contributed by atoms with E-state index in [9.17, 15) is 4.79 Å². The molecule has 0 amide bonds. The molecule has 19 heavy (non-hydrogen) atoms. The number of nitrogens with zero attached hydrogens (tertiary/aromatic N) is 1. The molecule has 0 atom stereocenters. The van der Waals surface area contributed by atoms with Gasteiger partial charge >= 0.3 is 0 Å². The van der Waals surface area contributed by atoms with Crippen molar-refractivity contribution < 1.29 is 4.42 Å². The van der Waals surface area contributed by atoms with Crippen LogP contribution in [0, 0.1) is 0 Å². The lowest BCUT2D eigenvalue weighted by atomic mass is 10.4. The summed E-state index contributed by atoms with van der Waals surface area (Å²) in [7, 11) is 0. The zero-order valence-corrected chi connectivity index (χ0v) is 11.2. The molecule has 2 heterocycles. The molecule has 1 fully saturated rings. The Hall–Kier alpha value is -1.53. The first kappa shape index (κ1) is 12.5. The third-order valence-corrected chi connectivity index (χ3v) is 3.77. The summed E-state index contributed by atoms with van der Waals surface area (Å²) in [5.41, 5.74) is -0.133. The van der Waals surface area contributed by atoms with Crippen LogP contribution in [0.15, 0.2) is 38.8 Å². The van der Waals surface area contributed by atoms with Crippen LogP contribution in [0.2, 0.25) is 0 Å². The summed E-state index contributed by atoms with van der Waals surface area (Å²) in [6.45, 7) is 0.787.